The molecule has 0 spiro atoms. The van der Waals surface area contributed by atoms with Gasteiger partial charge in [0.15, 0.2) is 0 Å². The molecule has 0 aliphatic carbocycles. The highest BCUT2D eigenvalue weighted by Crippen LogP contribution is 2.50. The number of alkyl halides is 3. The molecule has 0 N–H and O–H groups in total. The van der Waals surface area contributed by atoms with Gasteiger partial charge in [-0.3, -0.25) is 0 Å². The first-order valence-corrected chi connectivity index (χ1v) is 6.98. The molecule has 1 unspecified atom stereocenters. The molecule has 3 nitrogen and oxygen atoms in total. The van der Waals surface area contributed by atoms with Crippen LogP contribution >= 0.6 is 15.9 Å². The van der Waals surface area contributed by atoms with Crippen molar-refractivity contribution in [2.45, 2.75) is 18.2 Å². The second-order valence-corrected chi connectivity index (χ2v) is 5.65. The van der Waals surface area contributed by atoms with Gasteiger partial charge in [-0.1, -0.05) is 34.6 Å². The van der Waals surface area contributed by atoms with E-state index >= 15 is 0 Å². The summed E-state index contributed by atoms with van der Waals surface area (Å²) in [5.41, 5.74) is -2.92. The Morgan fingerprint density at radius 1 is 1.36 bits per heavy atom. The van der Waals surface area contributed by atoms with E-state index in [9.17, 15) is 18.0 Å². The smallest absolute Gasteiger partial charge is 0.432 e. The van der Waals surface area contributed by atoms with Crippen molar-refractivity contribution >= 4 is 21.9 Å². The van der Waals surface area contributed by atoms with E-state index in [1.165, 1.54) is 24.3 Å². The number of benzene rings is 1. The fourth-order valence-electron chi connectivity index (χ4n) is 2.27. The summed E-state index contributed by atoms with van der Waals surface area (Å²) in [7, 11) is 1.11. The number of allylic oxidation sites excluding steroid dienone is 1. The zero-order valence-corrected chi connectivity index (χ0v) is 13.1. The standard InChI is InChI=1S/C15H12BrF3O3/c1-9-7-10(13(20)21-2)8-14(22-9,15(17,18)19)11-3-5-12(16)6-4-11/h3-7H,1,8H2,2H3. The van der Waals surface area contributed by atoms with Crippen LogP contribution < -0.4 is 0 Å². The third kappa shape index (κ3) is 2.90. The molecule has 0 radical (unpaired) electrons. The topological polar surface area (TPSA) is 35.5 Å². The minimum Gasteiger partial charge on any atom is -0.473 e. The second-order valence-electron chi connectivity index (χ2n) is 4.74. The number of ether oxygens (including phenoxy) is 2. The average Bonchev–Trinajstić information content (AvgIpc) is 2.45. The lowest BCUT2D eigenvalue weighted by atomic mass is 9.84. The number of rotatable bonds is 2. The Balaban J connectivity index is 2.57. The fraction of sp³-hybridized carbons (Fsp3) is 0.267. The molecule has 0 amide bonds. The lowest BCUT2D eigenvalue weighted by Crippen LogP contribution is -2.47. The van der Waals surface area contributed by atoms with Crippen LogP contribution in [0, 0.1) is 0 Å². The molecular formula is C15H12BrF3O3. The molecule has 1 aliphatic heterocycles. The molecule has 22 heavy (non-hydrogen) atoms. The molecular weight excluding hydrogens is 365 g/mol. The molecule has 1 aromatic carbocycles. The first kappa shape index (κ1) is 16.6. The fourth-order valence-corrected chi connectivity index (χ4v) is 2.53. The molecule has 0 aromatic heterocycles. The van der Waals surface area contributed by atoms with Gasteiger partial charge in [0.05, 0.1) is 7.11 Å². The number of hydrogen-bond acceptors (Lipinski definition) is 3. The van der Waals surface area contributed by atoms with Crippen LogP contribution in [0.15, 0.2) is 52.7 Å². The Hall–Kier alpha value is -1.76. The SMILES string of the molecule is C=C1C=C(C(=O)OC)CC(c2ccc(Br)cc2)(C(F)(F)F)O1. The predicted molar refractivity (Wildman–Crippen MR) is 76.8 cm³/mol. The summed E-state index contributed by atoms with van der Waals surface area (Å²) < 4.78 is 51.4. The summed E-state index contributed by atoms with van der Waals surface area (Å²) in [6, 6.07) is 5.55. The van der Waals surface area contributed by atoms with Crippen LogP contribution in [0.1, 0.15) is 12.0 Å². The lowest BCUT2D eigenvalue weighted by molar-refractivity contribution is -0.273. The molecule has 0 saturated carbocycles. The van der Waals surface area contributed by atoms with E-state index in [1.807, 2.05) is 0 Å². The highest BCUT2D eigenvalue weighted by molar-refractivity contribution is 9.10. The Morgan fingerprint density at radius 2 is 1.95 bits per heavy atom. The average molecular weight is 377 g/mol. The summed E-state index contributed by atoms with van der Waals surface area (Å²) in [5.74, 6) is -1.08. The quantitative estimate of drug-likeness (QED) is 0.724. The molecule has 1 aromatic rings. The minimum atomic E-state index is -4.74. The van der Waals surface area contributed by atoms with Crippen LogP contribution in [-0.4, -0.2) is 19.3 Å². The highest BCUT2D eigenvalue weighted by atomic mass is 79.9. The van der Waals surface area contributed by atoms with Crippen LogP contribution in [0.4, 0.5) is 13.2 Å². The molecule has 0 saturated heterocycles. The number of esters is 1. The zero-order valence-electron chi connectivity index (χ0n) is 11.5. The molecule has 1 heterocycles. The van der Waals surface area contributed by atoms with Crippen molar-refractivity contribution < 1.29 is 27.4 Å². The minimum absolute atomic E-state index is 0.112. The molecule has 0 fully saturated rings. The summed E-state index contributed by atoms with van der Waals surface area (Å²) in [6.45, 7) is 3.42. The number of halogens is 4. The van der Waals surface area contributed by atoms with E-state index < -0.39 is 24.2 Å². The second kappa shape index (κ2) is 5.79. The van der Waals surface area contributed by atoms with Crippen molar-refractivity contribution in [3.8, 4) is 0 Å². The summed E-state index contributed by atoms with van der Waals surface area (Å²) in [6.07, 6.45) is -4.25. The van der Waals surface area contributed by atoms with Crippen molar-refractivity contribution in [1.29, 1.82) is 0 Å². The van der Waals surface area contributed by atoms with Crippen molar-refractivity contribution in [2.75, 3.05) is 7.11 Å². The molecule has 118 valence electrons. The van der Waals surface area contributed by atoms with Gasteiger partial charge in [-0.15, -0.1) is 0 Å². The van der Waals surface area contributed by atoms with Gasteiger partial charge >= 0.3 is 12.1 Å². The van der Waals surface area contributed by atoms with Gasteiger partial charge in [0, 0.05) is 22.0 Å². The molecule has 0 bridgehead atoms. The molecule has 1 atom stereocenters. The van der Waals surface area contributed by atoms with Crippen molar-refractivity contribution in [1.82, 2.24) is 0 Å². The van der Waals surface area contributed by atoms with Crippen LogP contribution in [0.3, 0.4) is 0 Å². The maximum atomic E-state index is 13.7. The summed E-state index contributed by atoms with van der Waals surface area (Å²) in [4.78, 5) is 11.7. The molecule has 1 aliphatic rings. The van der Waals surface area contributed by atoms with E-state index in [4.69, 9.17) is 4.74 Å². The first-order valence-electron chi connectivity index (χ1n) is 6.19. The number of carbonyl (C=O) groups is 1. The van der Waals surface area contributed by atoms with Gasteiger partial charge in [-0.05, 0) is 18.2 Å². The van der Waals surface area contributed by atoms with E-state index in [0.717, 1.165) is 13.2 Å². The van der Waals surface area contributed by atoms with Crippen LogP contribution in [0.25, 0.3) is 0 Å². The van der Waals surface area contributed by atoms with Gasteiger partial charge in [-0.2, -0.15) is 13.2 Å². The maximum absolute atomic E-state index is 13.7. The van der Waals surface area contributed by atoms with Crippen molar-refractivity contribution in [3.63, 3.8) is 0 Å². The van der Waals surface area contributed by atoms with E-state index in [0.29, 0.717) is 4.47 Å². The first-order chi connectivity index (χ1) is 10.2. The maximum Gasteiger partial charge on any atom is 0.432 e. The Bertz CT molecular complexity index is 634. The summed E-state index contributed by atoms with van der Waals surface area (Å²) >= 11 is 3.17. The Morgan fingerprint density at radius 3 is 2.45 bits per heavy atom. The third-order valence-electron chi connectivity index (χ3n) is 3.30. The largest absolute Gasteiger partial charge is 0.473 e. The summed E-state index contributed by atoms with van der Waals surface area (Å²) in [5, 5.41) is 0. The normalized spacial score (nSPS) is 21.9. The van der Waals surface area contributed by atoms with Gasteiger partial charge in [-0.25, -0.2) is 4.79 Å². The van der Waals surface area contributed by atoms with Gasteiger partial charge in [0.2, 0.25) is 5.60 Å². The Labute approximate surface area is 133 Å². The molecule has 2 rings (SSSR count). The third-order valence-corrected chi connectivity index (χ3v) is 3.82. The van der Waals surface area contributed by atoms with Gasteiger partial charge < -0.3 is 9.47 Å². The Kier molecular flexibility index (Phi) is 4.37. The number of carbonyl (C=O) groups excluding carboxylic acids is 1. The number of methoxy groups -OCH3 is 1. The van der Waals surface area contributed by atoms with Crippen LogP contribution in [0.5, 0.6) is 0 Å². The number of hydrogen-bond donors (Lipinski definition) is 0. The van der Waals surface area contributed by atoms with E-state index in [1.54, 1.807) is 0 Å². The van der Waals surface area contributed by atoms with Crippen LogP contribution in [-0.2, 0) is 19.9 Å². The van der Waals surface area contributed by atoms with Crippen LogP contribution in [0.2, 0.25) is 0 Å². The zero-order chi connectivity index (χ0) is 16.5. The predicted octanol–water partition coefficient (Wildman–Crippen LogP) is 4.24. The van der Waals surface area contributed by atoms with E-state index in [2.05, 4.69) is 27.2 Å². The van der Waals surface area contributed by atoms with Crippen molar-refractivity contribution in [3.05, 3.63) is 58.3 Å². The molecule has 7 heteroatoms. The van der Waals surface area contributed by atoms with E-state index in [-0.39, 0.29) is 16.9 Å². The van der Waals surface area contributed by atoms with Gasteiger partial charge in [0.1, 0.15) is 5.76 Å². The van der Waals surface area contributed by atoms with Crippen molar-refractivity contribution in [2.24, 2.45) is 0 Å². The monoisotopic (exact) mass is 376 g/mol. The lowest BCUT2D eigenvalue weighted by Gasteiger charge is -2.39. The van der Waals surface area contributed by atoms with Gasteiger partial charge in [0.25, 0.3) is 0 Å². The highest BCUT2D eigenvalue weighted by Gasteiger charge is 2.60.